The molecule has 2 N–H and O–H groups in total. The molecule has 4 heterocycles. The van der Waals surface area contributed by atoms with Crippen LogP contribution in [0.15, 0.2) is 28.0 Å². The Morgan fingerprint density at radius 3 is 2.64 bits per heavy atom. The van der Waals surface area contributed by atoms with E-state index < -0.39 is 5.69 Å². The number of aromatic nitrogens is 4. The van der Waals surface area contributed by atoms with Gasteiger partial charge in [0, 0.05) is 68.5 Å². The van der Waals surface area contributed by atoms with Crippen LogP contribution < -0.4 is 21.5 Å². The number of aromatic amines is 1. The maximum absolute atomic E-state index is 12.5. The molecule has 176 valence electrons. The van der Waals surface area contributed by atoms with Gasteiger partial charge in [-0.2, -0.15) is 11.8 Å². The number of H-pyrrole nitrogens is 1. The molecule has 0 bridgehead atoms. The first-order valence-electron chi connectivity index (χ1n) is 11.0. The van der Waals surface area contributed by atoms with Crippen LogP contribution in [0.2, 0.25) is 0 Å². The lowest BCUT2D eigenvalue weighted by molar-refractivity contribution is -0.133. The van der Waals surface area contributed by atoms with E-state index in [-0.39, 0.29) is 30.3 Å². The largest absolute Gasteiger partial charge is 0.347 e. The predicted octanol–water partition coefficient (Wildman–Crippen LogP) is -0.639. The van der Waals surface area contributed by atoms with Crippen molar-refractivity contribution >= 4 is 29.5 Å². The molecule has 0 atom stereocenters. The number of rotatable bonds is 7. The monoisotopic (exact) mass is 473 g/mol. The number of amides is 2. The molecule has 2 aromatic rings. The van der Waals surface area contributed by atoms with Gasteiger partial charge in [0.15, 0.2) is 0 Å². The molecule has 0 aliphatic carbocycles. The second kappa shape index (κ2) is 10.6. The molecule has 0 unspecified atom stereocenters. The van der Waals surface area contributed by atoms with Crippen LogP contribution in [0.3, 0.4) is 0 Å². The lowest BCUT2D eigenvalue weighted by Gasteiger charge is -2.34. The highest BCUT2D eigenvalue weighted by molar-refractivity contribution is 7.98. The van der Waals surface area contributed by atoms with Crippen molar-refractivity contribution in [2.75, 3.05) is 43.4 Å². The molecular formula is C21H27N7O4S. The first-order chi connectivity index (χ1) is 16.0. The predicted molar refractivity (Wildman–Crippen MR) is 124 cm³/mol. The van der Waals surface area contributed by atoms with Gasteiger partial charge in [0.1, 0.15) is 0 Å². The Kier molecular flexibility index (Phi) is 7.43. The molecular weight excluding hydrogens is 446 g/mol. The van der Waals surface area contributed by atoms with Gasteiger partial charge in [0.05, 0.1) is 6.54 Å². The number of fused-ring (bicyclic) bond motifs is 1. The second-order valence-corrected chi connectivity index (χ2v) is 9.04. The molecule has 33 heavy (non-hydrogen) atoms. The quantitative estimate of drug-likeness (QED) is 0.543. The molecule has 11 nitrogen and oxygen atoms in total. The van der Waals surface area contributed by atoms with Gasteiger partial charge in [-0.15, -0.1) is 0 Å². The van der Waals surface area contributed by atoms with Crippen LogP contribution >= 0.6 is 11.8 Å². The SMILES string of the molecule is O=C(CCCn1c2c(c(=O)[nH]c1=O)CSCC2)NCC(=O)N1CCN(c2ncccn2)CC1. The minimum Gasteiger partial charge on any atom is -0.347 e. The van der Waals surface area contributed by atoms with Crippen molar-refractivity contribution in [2.45, 2.75) is 31.6 Å². The number of thioether (sulfide) groups is 1. The third-order valence-corrected chi connectivity index (χ3v) is 6.82. The summed E-state index contributed by atoms with van der Waals surface area (Å²) in [7, 11) is 0. The van der Waals surface area contributed by atoms with Crippen molar-refractivity contribution in [2.24, 2.45) is 0 Å². The molecule has 2 aliphatic rings. The molecule has 0 aromatic carbocycles. The van der Waals surface area contributed by atoms with E-state index in [4.69, 9.17) is 0 Å². The van der Waals surface area contributed by atoms with E-state index >= 15 is 0 Å². The van der Waals surface area contributed by atoms with E-state index in [0.717, 1.165) is 11.4 Å². The van der Waals surface area contributed by atoms with Crippen molar-refractivity contribution in [3.05, 3.63) is 50.6 Å². The summed E-state index contributed by atoms with van der Waals surface area (Å²) < 4.78 is 1.57. The highest BCUT2D eigenvalue weighted by Gasteiger charge is 2.23. The molecule has 4 rings (SSSR count). The van der Waals surface area contributed by atoms with Gasteiger partial charge in [0.2, 0.25) is 17.8 Å². The fourth-order valence-corrected chi connectivity index (χ4v) is 5.04. The Bertz CT molecular complexity index is 1110. The fraction of sp³-hybridized carbons (Fsp3) is 0.524. The first-order valence-corrected chi connectivity index (χ1v) is 12.2. The summed E-state index contributed by atoms with van der Waals surface area (Å²) in [5, 5.41) is 2.68. The van der Waals surface area contributed by atoms with Crippen LogP contribution in [-0.4, -0.2) is 74.7 Å². The van der Waals surface area contributed by atoms with Crippen LogP contribution in [0.1, 0.15) is 24.1 Å². The van der Waals surface area contributed by atoms with Gasteiger partial charge in [-0.25, -0.2) is 14.8 Å². The van der Waals surface area contributed by atoms with Gasteiger partial charge in [-0.05, 0) is 24.7 Å². The van der Waals surface area contributed by atoms with Crippen molar-refractivity contribution in [1.29, 1.82) is 0 Å². The van der Waals surface area contributed by atoms with Crippen LogP contribution in [0.25, 0.3) is 0 Å². The molecule has 2 aliphatic heterocycles. The highest BCUT2D eigenvalue weighted by Crippen LogP contribution is 2.20. The zero-order valence-electron chi connectivity index (χ0n) is 18.3. The molecule has 0 saturated carbocycles. The number of nitrogens with zero attached hydrogens (tertiary/aromatic N) is 5. The molecule has 1 saturated heterocycles. The average molecular weight is 474 g/mol. The number of hydrogen-bond acceptors (Lipinski definition) is 8. The van der Waals surface area contributed by atoms with Gasteiger partial charge in [0.25, 0.3) is 5.56 Å². The molecule has 0 spiro atoms. The lowest BCUT2D eigenvalue weighted by atomic mass is 10.2. The lowest BCUT2D eigenvalue weighted by Crippen LogP contribution is -2.51. The maximum Gasteiger partial charge on any atom is 0.328 e. The maximum atomic E-state index is 12.5. The highest BCUT2D eigenvalue weighted by atomic mass is 32.2. The average Bonchev–Trinajstić information content (AvgIpc) is 2.85. The minimum absolute atomic E-state index is 0.0497. The van der Waals surface area contributed by atoms with E-state index in [1.807, 2.05) is 4.90 Å². The molecule has 2 amide bonds. The summed E-state index contributed by atoms with van der Waals surface area (Å²) in [5.41, 5.74) is 0.686. The van der Waals surface area contributed by atoms with Crippen molar-refractivity contribution < 1.29 is 9.59 Å². The Hall–Kier alpha value is -3.15. The van der Waals surface area contributed by atoms with E-state index in [1.165, 1.54) is 0 Å². The number of carbonyl (C=O) groups excluding carboxylic acids is 2. The summed E-state index contributed by atoms with van der Waals surface area (Å²) in [6.07, 6.45) is 4.69. The summed E-state index contributed by atoms with van der Waals surface area (Å²) >= 11 is 1.67. The number of anilines is 1. The second-order valence-electron chi connectivity index (χ2n) is 7.94. The summed E-state index contributed by atoms with van der Waals surface area (Å²) in [6.45, 7) is 2.68. The van der Waals surface area contributed by atoms with E-state index in [9.17, 15) is 19.2 Å². The zero-order chi connectivity index (χ0) is 23.2. The van der Waals surface area contributed by atoms with Crippen molar-refractivity contribution in [1.82, 2.24) is 29.7 Å². The standard InChI is InChI=1S/C21H27N7O4S/c29-17(3-1-7-28-16-4-12-33-14-15(16)19(31)25-21(28)32)24-13-18(30)26-8-10-27(11-9-26)20-22-5-2-6-23-20/h2,5-6H,1,3-4,7-14H2,(H,24,29)(H,25,31,32). The summed E-state index contributed by atoms with van der Waals surface area (Å²) in [4.78, 5) is 63.5. The molecule has 0 radical (unpaired) electrons. The smallest absolute Gasteiger partial charge is 0.328 e. The van der Waals surface area contributed by atoms with Gasteiger partial charge >= 0.3 is 5.69 Å². The number of nitrogens with one attached hydrogen (secondary N) is 2. The Balaban J connectivity index is 1.20. The fourth-order valence-electron chi connectivity index (χ4n) is 4.05. The van der Waals surface area contributed by atoms with Gasteiger partial charge in [-0.1, -0.05) is 0 Å². The third-order valence-electron chi connectivity index (χ3n) is 5.83. The van der Waals surface area contributed by atoms with Crippen LogP contribution in [0.5, 0.6) is 0 Å². The van der Waals surface area contributed by atoms with Crippen LogP contribution in [-0.2, 0) is 28.3 Å². The van der Waals surface area contributed by atoms with E-state index in [2.05, 4.69) is 20.3 Å². The van der Waals surface area contributed by atoms with Crippen molar-refractivity contribution in [3.63, 3.8) is 0 Å². The minimum atomic E-state index is -0.429. The van der Waals surface area contributed by atoms with E-state index in [0.29, 0.717) is 62.8 Å². The molecule has 2 aromatic heterocycles. The van der Waals surface area contributed by atoms with Crippen LogP contribution in [0.4, 0.5) is 5.95 Å². The van der Waals surface area contributed by atoms with Crippen LogP contribution in [0, 0.1) is 0 Å². The summed E-state index contributed by atoms with van der Waals surface area (Å²) in [6, 6.07) is 1.76. The summed E-state index contributed by atoms with van der Waals surface area (Å²) in [5.74, 6) is 1.76. The topological polar surface area (TPSA) is 133 Å². The normalized spacial score (nSPS) is 15.8. The van der Waals surface area contributed by atoms with Gasteiger partial charge < -0.3 is 15.1 Å². The number of piperazine rings is 1. The first kappa shape index (κ1) is 23.0. The van der Waals surface area contributed by atoms with Crippen molar-refractivity contribution in [3.8, 4) is 0 Å². The Labute approximate surface area is 194 Å². The number of hydrogen-bond donors (Lipinski definition) is 2. The van der Waals surface area contributed by atoms with E-state index in [1.54, 1.807) is 39.7 Å². The molecule has 12 heteroatoms. The number of carbonyl (C=O) groups is 2. The van der Waals surface area contributed by atoms with Gasteiger partial charge in [-0.3, -0.25) is 23.9 Å². The zero-order valence-corrected chi connectivity index (χ0v) is 19.1. The Morgan fingerprint density at radius 1 is 1.12 bits per heavy atom. The Morgan fingerprint density at radius 2 is 1.88 bits per heavy atom. The third kappa shape index (κ3) is 5.62. The molecule has 1 fully saturated rings.